The summed E-state index contributed by atoms with van der Waals surface area (Å²) in [5.74, 6) is -2.81. The summed E-state index contributed by atoms with van der Waals surface area (Å²) in [6.45, 7) is 3.01. The first kappa shape index (κ1) is 15.3. The molecule has 6 heteroatoms. The average molecular weight is 299 g/mol. The highest BCUT2D eigenvalue weighted by Crippen LogP contribution is 2.29. The molecule has 0 spiro atoms. The molecular weight excluding hydrogens is 280 g/mol. The van der Waals surface area contributed by atoms with E-state index in [1.807, 2.05) is 0 Å². The zero-order valence-corrected chi connectivity index (χ0v) is 12.1. The number of rotatable bonds is 5. The first-order valence-electron chi connectivity index (χ1n) is 6.64. The van der Waals surface area contributed by atoms with Gasteiger partial charge in [-0.3, -0.25) is 9.80 Å². The first-order valence-corrected chi connectivity index (χ1v) is 7.04. The molecule has 2 rings (SSSR count). The average Bonchev–Trinajstić information content (AvgIpc) is 2.41. The number of alkyl halides is 2. The van der Waals surface area contributed by atoms with E-state index in [4.69, 9.17) is 18.0 Å². The Morgan fingerprint density at radius 3 is 2.20 bits per heavy atom. The molecule has 1 heterocycles. The molecular formula is C14H19F2N3S. The molecule has 1 aliphatic rings. The lowest BCUT2D eigenvalue weighted by molar-refractivity contribution is -0.0464. The molecule has 110 valence electrons. The van der Waals surface area contributed by atoms with Crippen LogP contribution in [0.25, 0.3) is 0 Å². The molecule has 1 fully saturated rings. The number of nitrogens with two attached hydrogens (primary N) is 1. The highest BCUT2D eigenvalue weighted by molar-refractivity contribution is 7.80. The zero-order chi connectivity index (χ0) is 14.6. The topological polar surface area (TPSA) is 32.5 Å². The van der Waals surface area contributed by atoms with Crippen LogP contribution in [0, 0.1) is 0 Å². The van der Waals surface area contributed by atoms with E-state index < -0.39 is 5.92 Å². The van der Waals surface area contributed by atoms with Crippen molar-refractivity contribution in [3.8, 4) is 0 Å². The molecule has 2 N–H and O–H groups in total. The summed E-state index contributed by atoms with van der Waals surface area (Å²) in [7, 11) is 0. The van der Waals surface area contributed by atoms with Crippen LogP contribution in [-0.4, -0.2) is 54.1 Å². The number of hydrogen-bond acceptors (Lipinski definition) is 3. The van der Waals surface area contributed by atoms with Crippen molar-refractivity contribution in [2.75, 3.05) is 39.3 Å². The Bertz CT molecular complexity index is 445. The minimum absolute atomic E-state index is 0.0746. The molecule has 0 saturated carbocycles. The van der Waals surface area contributed by atoms with Gasteiger partial charge in [-0.25, -0.2) is 0 Å². The molecule has 1 saturated heterocycles. The summed E-state index contributed by atoms with van der Waals surface area (Å²) in [5.41, 5.74) is 5.57. The maximum Gasteiger partial charge on any atom is 0.285 e. The van der Waals surface area contributed by atoms with Crippen LogP contribution in [0.3, 0.4) is 0 Å². The van der Waals surface area contributed by atoms with Crippen LogP contribution in [0.4, 0.5) is 8.78 Å². The van der Waals surface area contributed by atoms with E-state index in [1.54, 1.807) is 23.1 Å². The number of benzene rings is 1. The maximum absolute atomic E-state index is 14.2. The molecule has 0 aromatic heterocycles. The monoisotopic (exact) mass is 299 g/mol. The van der Waals surface area contributed by atoms with Crippen LogP contribution in [0.1, 0.15) is 5.56 Å². The van der Waals surface area contributed by atoms with Gasteiger partial charge in [-0.05, 0) is 0 Å². The fourth-order valence-corrected chi connectivity index (χ4v) is 2.56. The number of nitrogens with zero attached hydrogens (tertiary/aromatic N) is 2. The number of halogens is 2. The van der Waals surface area contributed by atoms with Gasteiger partial charge in [-0.2, -0.15) is 8.78 Å². The van der Waals surface area contributed by atoms with Gasteiger partial charge in [-0.1, -0.05) is 42.5 Å². The van der Waals surface area contributed by atoms with Crippen molar-refractivity contribution in [2.24, 2.45) is 5.73 Å². The van der Waals surface area contributed by atoms with E-state index >= 15 is 0 Å². The molecule has 3 nitrogen and oxygen atoms in total. The molecule has 0 amide bonds. The highest BCUT2D eigenvalue weighted by atomic mass is 32.1. The Morgan fingerprint density at radius 2 is 1.65 bits per heavy atom. The van der Waals surface area contributed by atoms with Crippen molar-refractivity contribution in [3.63, 3.8) is 0 Å². The Balaban J connectivity index is 1.87. The van der Waals surface area contributed by atoms with Crippen LogP contribution >= 0.6 is 12.2 Å². The molecule has 1 aromatic rings. The van der Waals surface area contributed by atoms with Gasteiger partial charge >= 0.3 is 0 Å². The lowest BCUT2D eigenvalue weighted by atomic mass is 10.1. The molecule has 0 atom stereocenters. The maximum atomic E-state index is 14.2. The van der Waals surface area contributed by atoms with Gasteiger partial charge in [0.1, 0.15) is 0 Å². The van der Waals surface area contributed by atoms with E-state index in [-0.39, 0.29) is 12.1 Å². The normalized spacial score (nSPS) is 18.1. The van der Waals surface area contributed by atoms with Gasteiger partial charge < -0.3 is 5.73 Å². The van der Waals surface area contributed by atoms with Gasteiger partial charge in [0.25, 0.3) is 5.92 Å². The summed E-state index contributed by atoms with van der Waals surface area (Å²) in [6, 6.07) is 7.98. The third-order valence-electron chi connectivity index (χ3n) is 3.46. The summed E-state index contributed by atoms with van der Waals surface area (Å²) in [4.78, 5) is 4.34. The van der Waals surface area contributed by atoms with Gasteiger partial charge in [-0.15, -0.1) is 0 Å². The predicted molar refractivity (Wildman–Crippen MR) is 80.0 cm³/mol. The Labute approximate surface area is 123 Å². The number of piperazine rings is 1. The van der Waals surface area contributed by atoms with Gasteiger partial charge in [0.15, 0.2) is 0 Å². The molecule has 20 heavy (non-hydrogen) atoms. The van der Waals surface area contributed by atoms with Crippen LogP contribution < -0.4 is 5.73 Å². The van der Waals surface area contributed by atoms with Crippen LogP contribution in [-0.2, 0) is 5.92 Å². The lowest BCUT2D eigenvalue weighted by Gasteiger charge is -2.36. The first-order chi connectivity index (χ1) is 9.47. The van der Waals surface area contributed by atoms with E-state index in [0.717, 1.165) is 13.1 Å². The van der Waals surface area contributed by atoms with E-state index in [9.17, 15) is 8.78 Å². The van der Waals surface area contributed by atoms with Gasteiger partial charge in [0.05, 0.1) is 11.5 Å². The summed E-state index contributed by atoms with van der Waals surface area (Å²) < 4.78 is 28.3. The second-order valence-electron chi connectivity index (χ2n) is 5.09. The molecule has 0 bridgehead atoms. The summed E-state index contributed by atoms with van der Waals surface area (Å²) in [5, 5.41) is 0. The minimum atomic E-state index is -2.81. The zero-order valence-electron chi connectivity index (χ0n) is 11.3. The number of thiocarbonyl (C=S) groups is 1. The molecule has 0 aliphatic carbocycles. The molecule has 0 radical (unpaired) electrons. The summed E-state index contributed by atoms with van der Waals surface area (Å²) >= 11 is 4.86. The minimum Gasteiger partial charge on any atom is -0.392 e. The molecule has 0 unspecified atom stereocenters. The van der Waals surface area contributed by atoms with Crippen LogP contribution in [0.15, 0.2) is 30.3 Å². The predicted octanol–water partition coefficient (Wildman–Crippen LogP) is 1.68. The van der Waals surface area contributed by atoms with Gasteiger partial charge in [0, 0.05) is 38.3 Å². The van der Waals surface area contributed by atoms with Crippen molar-refractivity contribution < 1.29 is 8.78 Å². The van der Waals surface area contributed by atoms with Crippen molar-refractivity contribution in [1.82, 2.24) is 9.80 Å². The van der Waals surface area contributed by atoms with E-state index in [1.165, 1.54) is 12.1 Å². The third-order valence-corrected chi connectivity index (χ3v) is 3.59. The third kappa shape index (κ3) is 4.19. The standard InChI is InChI=1S/C14H19F2N3S/c15-14(16,12-4-2-1-3-5-12)11-19-8-6-18(7-9-19)10-13(17)20/h1-5H,6-11H2,(H2,17,20). The number of hydrogen-bond donors (Lipinski definition) is 1. The SMILES string of the molecule is NC(=S)CN1CCN(CC(F)(F)c2ccccc2)CC1. The molecule has 1 aliphatic heterocycles. The highest BCUT2D eigenvalue weighted by Gasteiger charge is 2.34. The fraction of sp³-hybridized carbons (Fsp3) is 0.500. The Hall–Kier alpha value is -1.11. The lowest BCUT2D eigenvalue weighted by Crippen LogP contribution is -2.50. The second kappa shape index (κ2) is 6.56. The smallest absolute Gasteiger partial charge is 0.285 e. The van der Waals surface area contributed by atoms with E-state index in [0.29, 0.717) is 24.6 Å². The molecule has 1 aromatic carbocycles. The van der Waals surface area contributed by atoms with Crippen LogP contribution in [0.2, 0.25) is 0 Å². The Kier molecular flexibility index (Phi) is 5.01. The second-order valence-corrected chi connectivity index (χ2v) is 5.61. The largest absolute Gasteiger partial charge is 0.392 e. The van der Waals surface area contributed by atoms with Crippen molar-refractivity contribution in [3.05, 3.63) is 35.9 Å². The van der Waals surface area contributed by atoms with E-state index in [2.05, 4.69) is 4.90 Å². The Morgan fingerprint density at radius 1 is 1.10 bits per heavy atom. The fourth-order valence-electron chi connectivity index (χ4n) is 2.38. The van der Waals surface area contributed by atoms with Crippen molar-refractivity contribution >= 4 is 17.2 Å². The van der Waals surface area contributed by atoms with Crippen molar-refractivity contribution in [1.29, 1.82) is 0 Å². The van der Waals surface area contributed by atoms with Gasteiger partial charge in [0.2, 0.25) is 0 Å². The summed E-state index contributed by atoms with van der Waals surface area (Å²) in [6.07, 6.45) is 0. The van der Waals surface area contributed by atoms with Crippen LogP contribution in [0.5, 0.6) is 0 Å². The van der Waals surface area contributed by atoms with Crippen molar-refractivity contribution in [2.45, 2.75) is 5.92 Å². The quantitative estimate of drug-likeness (QED) is 0.839.